The second-order valence-corrected chi connectivity index (χ2v) is 9.32. The number of nitrogens with one attached hydrogen (secondary N) is 1. The van der Waals surface area contributed by atoms with Gasteiger partial charge >= 0.3 is 0 Å². The van der Waals surface area contributed by atoms with Gasteiger partial charge in [-0.1, -0.05) is 30.3 Å². The average Bonchev–Trinajstić information content (AvgIpc) is 3.42. The summed E-state index contributed by atoms with van der Waals surface area (Å²) in [5.74, 6) is -0.422. The van der Waals surface area contributed by atoms with Crippen LogP contribution < -0.4 is 0 Å². The highest BCUT2D eigenvalue weighted by Crippen LogP contribution is 2.32. The molecule has 0 saturated carbocycles. The summed E-state index contributed by atoms with van der Waals surface area (Å²) in [4.78, 5) is 21.2. The van der Waals surface area contributed by atoms with Crippen LogP contribution in [0.5, 0.6) is 0 Å². The lowest BCUT2D eigenvalue weighted by atomic mass is 10.1. The van der Waals surface area contributed by atoms with Gasteiger partial charge in [0.05, 0.1) is 5.57 Å². The second kappa shape index (κ2) is 8.18. The van der Waals surface area contributed by atoms with Crippen molar-refractivity contribution in [1.29, 1.82) is 5.41 Å². The third kappa shape index (κ3) is 3.59. The first-order chi connectivity index (χ1) is 17.0. The Morgan fingerprint density at radius 3 is 2.63 bits per heavy atom. The first-order valence-electron chi connectivity index (χ1n) is 11.1. The number of hydrazone groups is 1. The predicted octanol–water partition coefficient (Wildman–Crippen LogP) is 5.31. The molecule has 6 rings (SSSR count). The Labute approximate surface area is 206 Å². The molecule has 0 fully saturated rings. The summed E-state index contributed by atoms with van der Waals surface area (Å²) < 4.78 is 2.16. The van der Waals surface area contributed by atoms with Crippen molar-refractivity contribution >= 4 is 50.6 Å². The van der Waals surface area contributed by atoms with E-state index >= 15 is 0 Å². The normalized spacial score (nSPS) is 16.6. The number of aliphatic imine (C=N–C) groups is 1. The minimum absolute atomic E-state index is 0.0156. The number of pyridine rings is 1. The van der Waals surface area contributed by atoms with Crippen LogP contribution in [0, 0.1) is 19.3 Å². The van der Waals surface area contributed by atoms with E-state index in [9.17, 15) is 4.79 Å². The summed E-state index contributed by atoms with van der Waals surface area (Å²) in [6.45, 7) is 4.06. The molecule has 0 aliphatic carbocycles. The van der Waals surface area contributed by atoms with Crippen LogP contribution in [0.4, 0.5) is 0 Å². The smallest absolute Gasteiger partial charge is 0.283 e. The van der Waals surface area contributed by atoms with Crippen molar-refractivity contribution in [2.45, 2.75) is 13.8 Å². The number of carbonyl (C=O) groups is 1. The Bertz CT molecular complexity index is 1630. The quantitative estimate of drug-likeness (QED) is 0.406. The molecular weight excluding hydrogens is 456 g/mol. The highest BCUT2D eigenvalue weighted by atomic mass is 32.2. The summed E-state index contributed by atoms with van der Waals surface area (Å²) in [6.07, 6.45) is 5.14. The van der Waals surface area contributed by atoms with E-state index in [1.807, 2.05) is 44.2 Å². The van der Waals surface area contributed by atoms with Crippen molar-refractivity contribution in [1.82, 2.24) is 14.6 Å². The van der Waals surface area contributed by atoms with E-state index in [2.05, 4.69) is 50.0 Å². The average molecular weight is 477 g/mol. The lowest BCUT2D eigenvalue weighted by molar-refractivity contribution is -0.114. The molecule has 170 valence electrons. The molecule has 2 aliphatic heterocycles. The molecule has 7 nitrogen and oxygen atoms in total. The van der Waals surface area contributed by atoms with Gasteiger partial charge in [-0.15, -0.1) is 0 Å². The van der Waals surface area contributed by atoms with Gasteiger partial charge in [0.1, 0.15) is 5.04 Å². The summed E-state index contributed by atoms with van der Waals surface area (Å²) in [6, 6.07) is 20.4. The summed E-state index contributed by atoms with van der Waals surface area (Å²) in [5, 5.41) is 18.0. The molecule has 8 heteroatoms. The minimum Gasteiger partial charge on any atom is -0.318 e. The van der Waals surface area contributed by atoms with Crippen LogP contribution >= 0.6 is 11.8 Å². The number of rotatable bonds is 3. The molecule has 0 bridgehead atoms. The Morgan fingerprint density at radius 1 is 1.00 bits per heavy atom. The standard InChI is InChI=1S/C27H20N6OS/c1-16-12-21(17(2)32(16)22-10-9-18-6-3-4-7-19(18)13-22)14-23-24(28)33-27(30-25(23)34)35-26(31-33)20-8-5-11-29-15-20/h3-15,28H,1-2H3/b23-14-,28-24?. The van der Waals surface area contributed by atoms with E-state index in [4.69, 9.17) is 5.41 Å². The lowest BCUT2D eigenvalue weighted by Gasteiger charge is -2.20. The van der Waals surface area contributed by atoms with Gasteiger partial charge in [-0.05, 0) is 78.4 Å². The number of hydrogen-bond donors (Lipinski definition) is 1. The van der Waals surface area contributed by atoms with Gasteiger partial charge < -0.3 is 4.57 Å². The first-order valence-corrected chi connectivity index (χ1v) is 11.9. The second-order valence-electron chi connectivity index (χ2n) is 8.36. The molecule has 4 aromatic rings. The number of fused-ring (bicyclic) bond motifs is 2. The fourth-order valence-corrected chi connectivity index (χ4v) is 5.28. The number of amidine groups is 2. The Balaban J connectivity index is 1.37. The number of thioether (sulfide) groups is 1. The van der Waals surface area contributed by atoms with E-state index in [1.54, 1.807) is 18.5 Å². The largest absolute Gasteiger partial charge is 0.318 e. The zero-order valence-corrected chi connectivity index (χ0v) is 19.9. The van der Waals surface area contributed by atoms with Gasteiger partial charge in [-0.3, -0.25) is 15.2 Å². The Kier molecular flexibility index (Phi) is 4.96. The van der Waals surface area contributed by atoms with Crippen molar-refractivity contribution in [3.63, 3.8) is 0 Å². The molecule has 0 spiro atoms. The number of aromatic nitrogens is 2. The van der Waals surface area contributed by atoms with Crippen molar-refractivity contribution in [3.05, 3.63) is 101 Å². The third-order valence-corrected chi connectivity index (χ3v) is 7.08. The number of nitrogens with zero attached hydrogens (tertiary/aromatic N) is 5. The van der Waals surface area contributed by atoms with Crippen molar-refractivity contribution in [2.75, 3.05) is 0 Å². The number of hydrogen-bond acceptors (Lipinski definition) is 5. The molecule has 1 N–H and O–H groups in total. The Morgan fingerprint density at radius 2 is 1.83 bits per heavy atom. The van der Waals surface area contributed by atoms with E-state index in [-0.39, 0.29) is 11.4 Å². The zero-order valence-electron chi connectivity index (χ0n) is 19.1. The summed E-state index contributed by atoms with van der Waals surface area (Å²) in [7, 11) is 0. The van der Waals surface area contributed by atoms with Gasteiger partial charge in [-0.25, -0.2) is 0 Å². The molecule has 2 aromatic carbocycles. The van der Waals surface area contributed by atoms with E-state index in [0.717, 1.165) is 33.6 Å². The van der Waals surface area contributed by atoms with E-state index in [1.165, 1.54) is 22.2 Å². The fraction of sp³-hybridized carbons (Fsp3) is 0.0741. The molecule has 2 aromatic heterocycles. The van der Waals surface area contributed by atoms with Crippen LogP contribution in [0.15, 0.2) is 88.7 Å². The van der Waals surface area contributed by atoms with Crippen LogP contribution in [0.25, 0.3) is 22.5 Å². The molecule has 1 amide bonds. The topological polar surface area (TPSA) is 86.7 Å². The van der Waals surface area contributed by atoms with Crippen molar-refractivity contribution < 1.29 is 4.79 Å². The maximum atomic E-state index is 12.9. The first kappa shape index (κ1) is 21.2. The predicted molar refractivity (Wildman–Crippen MR) is 141 cm³/mol. The van der Waals surface area contributed by atoms with Gasteiger partial charge in [0, 0.05) is 35.0 Å². The van der Waals surface area contributed by atoms with Gasteiger partial charge in [-0.2, -0.15) is 15.1 Å². The van der Waals surface area contributed by atoms with E-state index < -0.39 is 5.91 Å². The number of aryl methyl sites for hydroxylation is 1. The molecule has 4 heterocycles. The fourth-order valence-electron chi connectivity index (χ4n) is 4.40. The van der Waals surface area contributed by atoms with Crippen molar-refractivity contribution in [2.24, 2.45) is 10.1 Å². The van der Waals surface area contributed by atoms with Crippen LogP contribution in [-0.4, -0.2) is 36.5 Å². The summed E-state index contributed by atoms with van der Waals surface area (Å²) >= 11 is 1.26. The maximum Gasteiger partial charge on any atom is 0.283 e. The molecule has 0 radical (unpaired) electrons. The third-order valence-electron chi connectivity index (χ3n) is 6.12. The van der Waals surface area contributed by atoms with Crippen LogP contribution in [0.1, 0.15) is 22.5 Å². The number of benzene rings is 2. The highest BCUT2D eigenvalue weighted by Gasteiger charge is 2.36. The van der Waals surface area contributed by atoms with Gasteiger partial charge in [0.2, 0.25) is 5.17 Å². The molecule has 2 aliphatic rings. The van der Waals surface area contributed by atoms with E-state index in [0.29, 0.717) is 10.2 Å². The molecule has 35 heavy (non-hydrogen) atoms. The van der Waals surface area contributed by atoms with Crippen LogP contribution in [-0.2, 0) is 4.79 Å². The summed E-state index contributed by atoms with van der Waals surface area (Å²) in [5.41, 5.74) is 4.97. The lowest BCUT2D eigenvalue weighted by Crippen LogP contribution is -2.35. The number of carbonyl (C=O) groups excluding carboxylic acids is 1. The Hall–Kier alpha value is -4.30. The molecule has 0 unspecified atom stereocenters. The SMILES string of the molecule is Cc1cc(/C=C2/C(=N)N3N=C(c4cccnc4)SC3=NC2=O)c(C)n1-c1ccc2ccccc2c1. The maximum absolute atomic E-state index is 12.9. The van der Waals surface area contributed by atoms with Crippen LogP contribution in [0.2, 0.25) is 0 Å². The number of amides is 1. The van der Waals surface area contributed by atoms with Gasteiger partial charge in [0.15, 0.2) is 5.84 Å². The highest BCUT2D eigenvalue weighted by molar-refractivity contribution is 8.27. The molecule has 0 saturated heterocycles. The van der Waals surface area contributed by atoms with Crippen molar-refractivity contribution in [3.8, 4) is 5.69 Å². The van der Waals surface area contributed by atoms with Gasteiger partial charge in [0.25, 0.3) is 5.91 Å². The monoisotopic (exact) mass is 476 g/mol. The molecular formula is C27H20N6OS. The minimum atomic E-state index is -0.438. The molecule has 0 atom stereocenters. The zero-order chi connectivity index (χ0) is 24.1. The van der Waals surface area contributed by atoms with Crippen LogP contribution in [0.3, 0.4) is 0 Å².